The van der Waals surface area contributed by atoms with Crippen molar-refractivity contribution in [1.29, 1.82) is 0 Å². The number of amides is 2. The van der Waals surface area contributed by atoms with Crippen LogP contribution in [0.4, 0.5) is 4.79 Å². The molecule has 5 nitrogen and oxygen atoms in total. The van der Waals surface area contributed by atoms with Crippen molar-refractivity contribution < 1.29 is 14.7 Å². The van der Waals surface area contributed by atoms with E-state index in [-0.39, 0.29) is 18.5 Å². The van der Waals surface area contributed by atoms with E-state index in [0.29, 0.717) is 17.9 Å². The highest BCUT2D eigenvalue weighted by Gasteiger charge is 2.42. The minimum atomic E-state index is -0.851. The van der Waals surface area contributed by atoms with Crippen LogP contribution in [0.15, 0.2) is 0 Å². The highest BCUT2D eigenvalue weighted by atomic mass is 16.4. The lowest BCUT2D eigenvalue weighted by Crippen LogP contribution is -2.46. The van der Waals surface area contributed by atoms with Gasteiger partial charge in [-0.2, -0.15) is 0 Å². The third kappa shape index (κ3) is 4.11. The number of aliphatic carboxylic acids is 1. The van der Waals surface area contributed by atoms with Gasteiger partial charge in [-0.1, -0.05) is 13.8 Å². The van der Waals surface area contributed by atoms with E-state index in [1.165, 1.54) is 25.7 Å². The molecule has 0 radical (unpaired) electrons. The van der Waals surface area contributed by atoms with Crippen LogP contribution in [0.1, 0.15) is 39.5 Å². The predicted molar refractivity (Wildman–Crippen MR) is 71.7 cm³/mol. The summed E-state index contributed by atoms with van der Waals surface area (Å²) in [6.45, 7) is 3.91. The normalized spacial score (nSPS) is 20.4. The summed E-state index contributed by atoms with van der Waals surface area (Å²) in [4.78, 5) is 22.9. The van der Waals surface area contributed by atoms with Crippen molar-refractivity contribution >= 4 is 12.0 Å². The molecule has 0 bridgehead atoms. The van der Waals surface area contributed by atoms with Gasteiger partial charge in [0, 0.05) is 12.6 Å². The highest BCUT2D eigenvalue weighted by Crippen LogP contribution is 2.44. The van der Waals surface area contributed by atoms with E-state index in [4.69, 9.17) is 5.11 Å². The number of nitrogens with one attached hydrogen (secondary N) is 2. The molecule has 1 unspecified atom stereocenters. The Hall–Kier alpha value is -1.26. The summed E-state index contributed by atoms with van der Waals surface area (Å²) in [5, 5.41) is 14.8. The molecule has 0 aliphatic heterocycles. The fourth-order valence-corrected chi connectivity index (χ4v) is 2.54. The molecule has 19 heavy (non-hydrogen) atoms. The molecule has 0 aromatic heterocycles. The van der Waals surface area contributed by atoms with Crippen LogP contribution in [0.3, 0.4) is 0 Å². The number of urea groups is 1. The summed E-state index contributed by atoms with van der Waals surface area (Å²) < 4.78 is 0. The molecule has 2 fully saturated rings. The molecule has 2 aliphatic carbocycles. The lowest BCUT2D eigenvalue weighted by Gasteiger charge is -2.20. The Morgan fingerprint density at radius 2 is 1.68 bits per heavy atom. The molecule has 1 atom stereocenters. The van der Waals surface area contributed by atoms with Gasteiger partial charge in [-0.25, -0.2) is 4.79 Å². The molecule has 108 valence electrons. The van der Waals surface area contributed by atoms with Crippen LogP contribution in [0.2, 0.25) is 0 Å². The van der Waals surface area contributed by atoms with E-state index in [1.54, 1.807) is 0 Å². The van der Waals surface area contributed by atoms with Gasteiger partial charge in [0.15, 0.2) is 0 Å². The van der Waals surface area contributed by atoms with Crippen molar-refractivity contribution in [3.05, 3.63) is 0 Å². The SMILES string of the molecule is CC(C)C(CNC(=O)NC(C1CC1)C1CC1)C(=O)O. The first-order valence-electron chi connectivity index (χ1n) is 7.26. The second-order valence-electron chi connectivity index (χ2n) is 6.24. The van der Waals surface area contributed by atoms with Gasteiger partial charge in [0.2, 0.25) is 0 Å². The van der Waals surface area contributed by atoms with E-state index in [1.807, 2.05) is 13.8 Å². The third-order valence-corrected chi connectivity index (χ3v) is 4.16. The fraction of sp³-hybridized carbons (Fsp3) is 0.857. The van der Waals surface area contributed by atoms with Crippen LogP contribution in [0.25, 0.3) is 0 Å². The summed E-state index contributed by atoms with van der Waals surface area (Å²) in [5.74, 6) is -0.0556. The van der Waals surface area contributed by atoms with Crippen molar-refractivity contribution in [3.8, 4) is 0 Å². The molecule has 0 aromatic carbocycles. The molecule has 0 aromatic rings. The number of rotatable bonds is 7. The van der Waals surface area contributed by atoms with Gasteiger partial charge in [0.1, 0.15) is 0 Å². The molecule has 2 amide bonds. The maximum absolute atomic E-state index is 11.9. The molecular formula is C14H24N2O3. The number of carboxylic acids is 1. The minimum absolute atomic E-state index is 0.0143. The van der Waals surface area contributed by atoms with Crippen molar-refractivity contribution in [2.24, 2.45) is 23.7 Å². The van der Waals surface area contributed by atoms with Gasteiger partial charge in [0.25, 0.3) is 0 Å². The largest absolute Gasteiger partial charge is 0.481 e. The van der Waals surface area contributed by atoms with Gasteiger partial charge >= 0.3 is 12.0 Å². The standard InChI is InChI=1S/C14H24N2O3/c1-8(2)11(13(17)18)7-15-14(19)16-12(9-3-4-9)10-5-6-10/h8-12H,3-7H2,1-2H3,(H,17,18)(H2,15,16,19). The van der Waals surface area contributed by atoms with E-state index in [2.05, 4.69) is 10.6 Å². The third-order valence-electron chi connectivity index (χ3n) is 4.16. The molecule has 0 spiro atoms. The Morgan fingerprint density at radius 3 is 2.05 bits per heavy atom. The summed E-state index contributed by atoms with van der Waals surface area (Å²) in [6.07, 6.45) is 4.85. The number of hydrogen-bond acceptors (Lipinski definition) is 2. The average Bonchev–Trinajstić information content (AvgIpc) is 3.16. The van der Waals surface area contributed by atoms with Crippen molar-refractivity contribution in [2.75, 3.05) is 6.54 Å². The monoisotopic (exact) mass is 268 g/mol. The van der Waals surface area contributed by atoms with Crippen LogP contribution < -0.4 is 10.6 Å². The summed E-state index contributed by atoms with van der Waals surface area (Å²) in [7, 11) is 0. The van der Waals surface area contributed by atoms with E-state index < -0.39 is 11.9 Å². The summed E-state index contributed by atoms with van der Waals surface area (Å²) in [5.41, 5.74) is 0. The van der Waals surface area contributed by atoms with Gasteiger partial charge in [-0.3, -0.25) is 4.79 Å². The summed E-state index contributed by atoms with van der Waals surface area (Å²) in [6, 6.07) is 0.0954. The van der Waals surface area contributed by atoms with Crippen LogP contribution in [0, 0.1) is 23.7 Å². The predicted octanol–water partition coefficient (Wildman–Crippen LogP) is 1.83. The molecule has 3 N–H and O–H groups in total. The first-order valence-corrected chi connectivity index (χ1v) is 7.26. The number of carboxylic acid groups (broad SMARTS) is 1. The quantitative estimate of drug-likeness (QED) is 0.659. The Balaban J connectivity index is 1.75. The number of carbonyl (C=O) groups excluding carboxylic acids is 1. The lowest BCUT2D eigenvalue weighted by molar-refractivity contribution is -0.142. The van der Waals surface area contributed by atoms with Crippen LogP contribution >= 0.6 is 0 Å². The maximum Gasteiger partial charge on any atom is 0.315 e. The van der Waals surface area contributed by atoms with E-state index in [0.717, 1.165) is 0 Å². The smallest absolute Gasteiger partial charge is 0.315 e. The van der Waals surface area contributed by atoms with Crippen molar-refractivity contribution in [1.82, 2.24) is 10.6 Å². The van der Waals surface area contributed by atoms with Gasteiger partial charge in [0.05, 0.1) is 5.92 Å². The Morgan fingerprint density at radius 1 is 1.16 bits per heavy atom. The molecule has 0 heterocycles. The van der Waals surface area contributed by atoms with Gasteiger partial charge in [-0.05, 0) is 43.4 Å². The molecule has 2 saturated carbocycles. The first kappa shape index (κ1) is 14.2. The van der Waals surface area contributed by atoms with Crippen LogP contribution in [0.5, 0.6) is 0 Å². The molecule has 2 rings (SSSR count). The zero-order valence-electron chi connectivity index (χ0n) is 11.7. The zero-order chi connectivity index (χ0) is 14.0. The molecule has 0 saturated heterocycles. The number of hydrogen-bond donors (Lipinski definition) is 3. The Labute approximate surface area is 114 Å². The Kier molecular flexibility index (Phi) is 4.32. The average molecular weight is 268 g/mol. The van der Waals surface area contributed by atoms with Gasteiger partial charge < -0.3 is 15.7 Å². The highest BCUT2D eigenvalue weighted by molar-refractivity contribution is 5.76. The maximum atomic E-state index is 11.9. The van der Waals surface area contributed by atoms with E-state index >= 15 is 0 Å². The van der Waals surface area contributed by atoms with Crippen molar-refractivity contribution in [3.63, 3.8) is 0 Å². The fourth-order valence-electron chi connectivity index (χ4n) is 2.54. The first-order chi connectivity index (χ1) is 8.99. The molecular weight excluding hydrogens is 244 g/mol. The molecule has 5 heteroatoms. The second kappa shape index (κ2) is 5.80. The van der Waals surface area contributed by atoms with Gasteiger partial charge in [-0.15, -0.1) is 0 Å². The number of carbonyl (C=O) groups is 2. The minimum Gasteiger partial charge on any atom is -0.481 e. The second-order valence-corrected chi connectivity index (χ2v) is 6.24. The van der Waals surface area contributed by atoms with Crippen molar-refractivity contribution in [2.45, 2.75) is 45.6 Å². The van der Waals surface area contributed by atoms with Crippen LogP contribution in [-0.2, 0) is 4.79 Å². The Bertz CT molecular complexity index is 337. The summed E-state index contributed by atoms with van der Waals surface area (Å²) >= 11 is 0. The topological polar surface area (TPSA) is 78.4 Å². The van der Waals surface area contributed by atoms with E-state index in [9.17, 15) is 9.59 Å². The lowest BCUT2D eigenvalue weighted by atomic mass is 9.96. The zero-order valence-corrected chi connectivity index (χ0v) is 11.7. The molecule has 2 aliphatic rings. The van der Waals surface area contributed by atoms with Crippen LogP contribution in [-0.4, -0.2) is 29.7 Å².